The van der Waals surface area contributed by atoms with Crippen molar-refractivity contribution in [2.24, 2.45) is 0 Å². The van der Waals surface area contributed by atoms with Crippen molar-refractivity contribution in [3.8, 4) is 0 Å². The molecule has 0 spiro atoms. The number of rotatable bonds is 5. The van der Waals surface area contributed by atoms with Gasteiger partial charge in [0.1, 0.15) is 19.8 Å². The average molecular weight is 653 g/mol. The molecule has 0 saturated carbocycles. The molecule has 0 amide bonds. The van der Waals surface area contributed by atoms with Gasteiger partial charge >= 0.3 is 19.5 Å². The van der Waals surface area contributed by atoms with Crippen LogP contribution in [0.25, 0.3) is 5.57 Å². The standard InChI is InChI=1S/C27H35N3.BrH.3ClH.Zn/c1-8-30(6,7)26-19-13-23(14-20-26)27(21-9-15-24(16-10-21)28(2)3)22-11-17-25(18-12-22)29(4)5;;;;;/h9-20H,8H2,1-7H3;4*1H;/q+2;;;;;+2/p-4. The molecule has 1 aliphatic carbocycles. The van der Waals surface area contributed by atoms with Crippen molar-refractivity contribution in [2.75, 3.05) is 53.7 Å². The van der Waals surface area contributed by atoms with E-state index in [1.807, 2.05) is 0 Å². The van der Waals surface area contributed by atoms with E-state index < -0.39 is 0 Å². The van der Waals surface area contributed by atoms with Gasteiger partial charge in [-0.2, -0.15) is 0 Å². The molecule has 1 aliphatic rings. The van der Waals surface area contributed by atoms with Crippen LogP contribution in [-0.2, 0) is 19.5 Å². The molecule has 0 aromatic heterocycles. The zero-order valence-corrected chi connectivity index (χ0v) is 28.5. The maximum Gasteiger partial charge on any atom is 2.00 e. The van der Waals surface area contributed by atoms with E-state index in [1.54, 1.807) is 0 Å². The first kappa shape index (κ1) is 38.6. The predicted molar refractivity (Wildman–Crippen MR) is 133 cm³/mol. The molecule has 0 bridgehead atoms. The van der Waals surface area contributed by atoms with Crippen LogP contribution in [0.2, 0.25) is 0 Å². The molecule has 0 radical (unpaired) electrons. The first-order chi connectivity index (χ1) is 14.2. The summed E-state index contributed by atoms with van der Waals surface area (Å²) in [6.07, 6.45) is 8.83. The Hall–Kier alpha value is -0.937. The van der Waals surface area contributed by atoms with Crippen molar-refractivity contribution >= 4 is 22.7 Å². The Balaban J connectivity index is -0.00000205. The number of anilines is 1. The number of nitrogens with zero attached hydrogens (tertiary/aromatic N) is 3. The van der Waals surface area contributed by atoms with Crippen LogP contribution in [-0.4, -0.2) is 59.1 Å². The Morgan fingerprint density at radius 3 is 1.57 bits per heavy atom. The largest absolute Gasteiger partial charge is 2.00 e. The maximum atomic E-state index is 2.27. The van der Waals surface area contributed by atoms with Crippen LogP contribution in [0.15, 0.2) is 78.4 Å². The molecular formula is C27H35BrCl3N3Zn. The van der Waals surface area contributed by atoms with Crippen molar-refractivity contribution in [1.82, 2.24) is 4.48 Å². The van der Waals surface area contributed by atoms with Crippen LogP contribution >= 0.6 is 0 Å². The van der Waals surface area contributed by atoms with Crippen LogP contribution in [0.5, 0.6) is 0 Å². The number of hydrogen-bond donors (Lipinski definition) is 0. The number of quaternary nitrogens is 1. The third kappa shape index (κ3) is 9.46. The minimum atomic E-state index is 0. The van der Waals surface area contributed by atoms with Gasteiger partial charge in [-0.3, -0.25) is 4.48 Å². The molecule has 0 fully saturated rings. The van der Waals surface area contributed by atoms with Crippen molar-refractivity contribution in [1.29, 1.82) is 0 Å². The zero-order valence-electron chi connectivity index (χ0n) is 21.7. The number of halogens is 4. The van der Waals surface area contributed by atoms with E-state index in [9.17, 15) is 0 Å². The first-order valence-corrected chi connectivity index (χ1v) is 10.6. The molecule has 0 N–H and O–H groups in total. The second-order valence-electron chi connectivity index (χ2n) is 8.81. The van der Waals surface area contributed by atoms with Crippen molar-refractivity contribution in [3.05, 3.63) is 89.5 Å². The summed E-state index contributed by atoms with van der Waals surface area (Å²) in [5.74, 6) is 0. The molecule has 3 rings (SSSR count). The van der Waals surface area contributed by atoms with Crippen LogP contribution in [0.4, 0.5) is 11.4 Å². The summed E-state index contributed by atoms with van der Waals surface area (Å²) in [5.41, 5.74) is 8.71. The molecule has 0 atom stereocenters. The van der Waals surface area contributed by atoms with E-state index in [2.05, 4.69) is 132 Å². The van der Waals surface area contributed by atoms with Gasteiger partial charge in [-0.25, -0.2) is 4.58 Å². The predicted octanol–water partition coefficient (Wildman–Crippen LogP) is -7.01. The normalized spacial score (nSPS) is 11.6. The molecule has 188 valence electrons. The molecule has 0 aliphatic heterocycles. The molecule has 3 nitrogen and oxygen atoms in total. The Morgan fingerprint density at radius 1 is 0.771 bits per heavy atom. The van der Waals surface area contributed by atoms with E-state index >= 15 is 0 Å². The molecule has 2 aromatic carbocycles. The fourth-order valence-electron chi connectivity index (χ4n) is 3.57. The Morgan fingerprint density at radius 2 is 1.20 bits per heavy atom. The van der Waals surface area contributed by atoms with Crippen LogP contribution in [0.1, 0.15) is 18.1 Å². The summed E-state index contributed by atoms with van der Waals surface area (Å²) in [6.45, 7) is 3.29. The Kier molecular flexibility index (Phi) is 18.5. The van der Waals surface area contributed by atoms with Gasteiger partial charge in [0.2, 0.25) is 0 Å². The van der Waals surface area contributed by atoms with Crippen LogP contribution in [0.3, 0.4) is 0 Å². The molecule has 8 heteroatoms. The molecule has 2 aromatic rings. The topological polar surface area (TPSA) is 6.25 Å². The number of benzene rings is 2. The minimum absolute atomic E-state index is 0. The van der Waals surface area contributed by atoms with Gasteiger partial charge in [-0.05, 0) is 77.7 Å². The number of hydrogen-bond acceptors (Lipinski definition) is 1. The Labute approximate surface area is 254 Å². The van der Waals surface area contributed by atoms with Crippen LogP contribution in [0, 0.1) is 0 Å². The summed E-state index contributed by atoms with van der Waals surface area (Å²) >= 11 is 0. The van der Waals surface area contributed by atoms with E-state index in [0.29, 0.717) is 0 Å². The third-order valence-corrected chi connectivity index (χ3v) is 5.99. The zero-order chi connectivity index (χ0) is 21.9. The molecule has 0 unspecified atom stereocenters. The average Bonchev–Trinajstić information content (AvgIpc) is 2.75. The summed E-state index contributed by atoms with van der Waals surface area (Å²) in [5, 5.41) is 0. The van der Waals surface area contributed by atoms with Crippen molar-refractivity contribution in [3.63, 3.8) is 0 Å². The van der Waals surface area contributed by atoms with E-state index in [1.165, 1.54) is 39.4 Å². The molecular weight excluding hydrogens is 618 g/mol. The third-order valence-electron chi connectivity index (χ3n) is 5.99. The van der Waals surface area contributed by atoms with Gasteiger partial charge in [0.25, 0.3) is 0 Å². The smallest absolute Gasteiger partial charge is 1.00 e. The monoisotopic (exact) mass is 649 g/mol. The summed E-state index contributed by atoms with van der Waals surface area (Å²) in [7, 11) is 12.8. The quantitative estimate of drug-likeness (QED) is 0.177. The summed E-state index contributed by atoms with van der Waals surface area (Å²) in [4.78, 5) is 2.13. The second kappa shape index (κ2) is 16.7. The van der Waals surface area contributed by atoms with Crippen molar-refractivity contribution in [2.45, 2.75) is 6.92 Å². The van der Waals surface area contributed by atoms with E-state index in [4.69, 9.17) is 0 Å². The SMILES string of the molecule is CC[N+](C)(C)c1ccc(C(=C2C=CC(=[N+](C)C)C=C2)c2ccc(N(C)C)cc2)cc1.[Br-].[Cl-].[Cl-].[Cl-].[Zn+2]. The second-order valence-corrected chi connectivity index (χ2v) is 8.81. The van der Waals surface area contributed by atoms with Gasteiger partial charge in [0.15, 0.2) is 5.71 Å². The summed E-state index contributed by atoms with van der Waals surface area (Å²) < 4.78 is 3.01. The molecule has 0 heterocycles. The van der Waals surface area contributed by atoms with E-state index in [0.717, 1.165) is 11.0 Å². The molecule has 35 heavy (non-hydrogen) atoms. The van der Waals surface area contributed by atoms with E-state index in [-0.39, 0.29) is 73.7 Å². The maximum absolute atomic E-state index is 2.27. The molecule has 0 saturated heterocycles. The van der Waals surface area contributed by atoms with Gasteiger partial charge < -0.3 is 59.1 Å². The van der Waals surface area contributed by atoms with Gasteiger partial charge in [-0.15, -0.1) is 0 Å². The van der Waals surface area contributed by atoms with Gasteiger partial charge in [-0.1, -0.05) is 12.1 Å². The number of allylic oxidation sites excluding steroid dienone is 5. The Bertz CT molecular complexity index is 1020. The van der Waals surface area contributed by atoms with Crippen LogP contribution < -0.4 is 63.6 Å². The summed E-state index contributed by atoms with van der Waals surface area (Å²) in [6, 6.07) is 17.9. The minimum Gasteiger partial charge on any atom is -1.00 e. The van der Waals surface area contributed by atoms with Gasteiger partial charge in [0, 0.05) is 31.9 Å². The fraction of sp³-hybridized carbons (Fsp3) is 0.296. The first-order valence-electron chi connectivity index (χ1n) is 10.6. The fourth-order valence-corrected chi connectivity index (χ4v) is 3.57. The van der Waals surface area contributed by atoms with Gasteiger partial charge in [0.05, 0.1) is 20.6 Å². The van der Waals surface area contributed by atoms with Crippen molar-refractivity contribution < 1.29 is 78.3 Å².